The highest BCUT2D eigenvalue weighted by Gasteiger charge is 2.08. The van der Waals surface area contributed by atoms with Crippen molar-refractivity contribution in [2.45, 2.75) is 6.42 Å². The van der Waals surface area contributed by atoms with Crippen molar-refractivity contribution >= 4 is 11.6 Å². The smallest absolute Gasteiger partial charge is 0.264 e. The Bertz CT molecular complexity index is 875. The third-order valence-electron chi connectivity index (χ3n) is 3.14. The standard InChI is InChI=1S/C17H12ClFN2O2/c18-12-2-1-3-14(10-12)23-16-9-11(4-6-15(16)19)8-13-5-7-17(22)21-20-13/h1-7,9-10H,8H2,(H,21,22). The fourth-order valence-electron chi connectivity index (χ4n) is 2.07. The summed E-state index contributed by atoms with van der Waals surface area (Å²) in [5.74, 6) is 0.0908. The number of rotatable bonds is 4. The second kappa shape index (κ2) is 6.62. The van der Waals surface area contributed by atoms with Gasteiger partial charge in [-0.1, -0.05) is 23.7 Å². The third kappa shape index (κ3) is 3.96. The average molecular weight is 331 g/mol. The van der Waals surface area contributed by atoms with Crippen molar-refractivity contribution < 1.29 is 9.13 Å². The van der Waals surface area contributed by atoms with Crippen molar-refractivity contribution in [3.63, 3.8) is 0 Å². The summed E-state index contributed by atoms with van der Waals surface area (Å²) in [7, 11) is 0. The Kier molecular flexibility index (Phi) is 4.39. The first-order valence-corrected chi connectivity index (χ1v) is 7.24. The lowest BCUT2D eigenvalue weighted by Crippen LogP contribution is -2.07. The van der Waals surface area contributed by atoms with Gasteiger partial charge in [0.15, 0.2) is 11.6 Å². The molecule has 0 spiro atoms. The number of nitrogens with zero attached hydrogens (tertiary/aromatic N) is 1. The van der Waals surface area contributed by atoms with Crippen molar-refractivity contribution in [1.82, 2.24) is 10.2 Å². The second-order valence-electron chi connectivity index (χ2n) is 4.91. The fourth-order valence-corrected chi connectivity index (χ4v) is 2.25. The largest absolute Gasteiger partial charge is 0.454 e. The maximum atomic E-state index is 13.9. The fraction of sp³-hybridized carbons (Fsp3) is 0.0588. The zero-order valence-corrected chi connectivity index (χ0v) is 12.7. The Labute approximate surface area is 136 Å². The van der Waals surface area contributed by atoms with Gasteiger partial charge in [0.05, 0.1) is 5.69 Å². The molecule has 0 saturated carbocycles. The minimum absolute atomic E-state index is 0.106. The van der Waals surface area contributed by atoms with Gasteiger partial charge in [-0.25, -0.2) is 9.49 Å². The van der Waals surface area contributed by atoms with Crippen LogP contribution in [0.3, 0.4) is 0 Å². The van der Waals surface area contributed by atoms with E-state index in [4.69, 9.17) is 16.3 Å². The molecule has 0 radical (unpaired) electrons. The van der Waals surface area contributed by atoms with E-state index in [9.17, 15) is 9.18 Å². The monoisotopic (exact) mass is 330 g/mol. The first-order valence-electron chi connectivity index (χ1n) is 6.86. The van der Waals surface area contributed by atoms with Gasteiger partial charge in [-0.05, 0) is 42.0 Å². The number of benzene rings is 2. The quantitative estimate of drug-likeness (QED) is 0.788. The Morgan fingerprint density at radius 2 is 2.00 bits per heavy atom. The van der Waals surface area contributed by atoms with Crippen LogP contribution >= 0.6 is 11.6 Å². The van der Waals surface area contributed by atoms with Crippen molar-refractivity contribution in [3.8, 4) is 11.5 Å². The topological polar surface area (TPSA) is 55.0 Å². The molecule has 0 atom stereocenters. The number of hydrogen-bond donors (Lipinski definition) is 1. The lowest BCUT2D eigenvalue weighted by Gasteiger charge is -2.09. The Morgan fingerprint density at radius 3 is 2.74 bits per heavy atom. The molecule has 0 fully saturated rings. The van der Waals surface area contributed by atoms with Crippen LogP contribution in [0.1, 0.15) is 11.3 Å². The molecule has 23 heavy (non-hydrogen) atoms. The molecule has 0 aliphatic heterocycles. The normalized spacial score (nSPS) is 10.5. The summed E-state index contributed by atoms with van der Waals surface area (Å²) >= 11 is 5.89. The zero-order chi connectivity index (χ0) is 16.2. The Hall–Kier alpha value is -2.66. The number of ether oxygens (including phenoxy) is 1. The maximum Gasteiger partial charge on any atom is 0.264 e. The number of aromatic amines is 1. The van der Waals surface area contributed by atoms with Crippen LogP contribution in [-0.2, 0) is 6.42 Å². The van der Waals surface area contributed by atoms with Crippen molar-refractivity contribution in [2.24, 2.45) is 0 Å². The van der Waals surface area contributed by atoms with Gasteiger partial charge >= 0.3 is 0 Å². The molecule has 0 bridgehead atoms. The van der Waals surface area contributed by atoms with Crippen LogP contribution < -0.4 is 10.3 Å². The van der Waals surface area contributed by atoms with Crippen LogP contribution in [-0.4, -0.2) is 10.2 Å². The highest BCUT2D eigenvalue weighted by atomic mass is 35.5. The first-order chi connectivity index (χ1) is 11.1. The van der Waals surface area contributed by atoms with Gasteiger partial charge in [-0.2, -0.15) is 5.10 Å². The molecule has 0 saturated heterocycles. The molecule has 4 nitrogen and oxygen atoms in total. The predicted molar refractivity (Wildman–Crippen MR) is 85.6 cm³/mol. The second-order valence-corrected chi connectivity index (χ2v) is 5.35. The van der Waals surface area contributed by atoms with Gasteiger partial charge in [0.2, 0.25) is 0 Å². The molecule has 1 aromatic heterocycles. The van der Waals surface area contributed by atoms with E-state index in [-0.39, 0.29) is 11.3 Å². The summed E-state index contributed by atoms with van der Waals surface area (Å²) in [6, 6.07) is 14.3. The molecule has 6 heteroatoms. The van der Waals surface area contributed by atoms with E-state index in [1.54, 1.807) is 42.5 Å². The minimum atomic E-state index is -0.469. The molecule has 3 aromatic rings. The highest BCUT2D eigenvalue weighted by Crippen LogP contribution is 2.27. The third-order valence-corrected chi connectivity index (χ3v) is 3.38. The lowest BCUT2D eigenvalue weighted by atomic mass is 10.1. The van der Waals surface area contributed by atoms with Crippen LogP contribution in [0.4, 0.5) is 4.39 Å². The van der Waals surface area contributed by atoms with Crippen LogP contribution in [0.2, 0.25) is 5.02 Å². The van der Waals surface area contributed by atoms with E-state index in [0.29, 0.717) is 22.9 Å². The minimum Gasteiger partial charge on any atom is -0.454 e. The predicted octanol–water partition coefficient (Wildman–Crippen LogP) is 3.95. The summed E-state index contributed by atoms with van der Waals surface area (Å²) in [6.45, 7) is 0. The van der Waals surface area contributed by atoms with E-state index in [1.165, 1.54) is 12.1 Å². The first kappa shape index (κ1) is 15.2. The van der Waals surface area contributed by atoms with Crippen LogP contribution in [0.5, 0.6) is 11.5 Å². The molecule has 0 aliphatic carbocycles. The van der Waals surface area contributed by atoms with E-state index < -0.39 is 5.82 Å². The van der Waals surface area contributed by atoms with Crippen molar-refractivity contribution in [3.05, 3.63) is 87.0 Å². The van der Waals surface area contributed by atoms with Gasteiger partial charge in [-0.3, -0.25) is 4.79 Å². The summed E-state index contributed by atoms with van der Waals surface area (Å²) in [6.07, 6.45) is 0.447. The maximum absolute atomic E-state index is 13.9. The number of nitrogens with one attached hydrogen (secondary N) is 1. The Morgan fingerprint density at radius 1 is 1.13 bits per heavy atom. The SMILES string of the molecule is O=c1ccc(Cc2ccc(F)c(Oc3cccc(Cl)c3)c2)n[nH]1. The van der Waals surface area contributed by atoms with E-state index >= 15 is 0 Å². The average Bonchev–Trinajstić information content (AvgIpc) is 2.53. The van der Waals surface area contributed by atoms with Crippen LogP contribution in [0.15, 0.2) is 59.4 Å². The van der Waals surface area contributed by atoms with Crippen LogP contribution in [0.25, 0.3) is 0 Å². The number of halogens is 2. The molecule has 1 heterocycles. The van der Waals surface area contributed by atoms with Crippen molar-refractivity contribution in [2.75, 3.05) is 0 Å². The van der Waals surface area contributed by atoms with Crippen molar-refractivity contribution in [1.29, 1.82) is 0 Å². The molecular formula is C17H12ClFN2O2. The van der Waals surface area contributed by atoms with E-state index in [1.807, 2.05) is 0 Å². The molecule has 1 N–H and O–H groups in total. The van der Waals surface area contributed by atoms with Gasteiger partial charge in [-0.15, -0.1) is 0 Å². The van der Waals surface area contributed by atoms with Gasteiger partial charge in [0.25, 0.3) is 5.56 Å². The van der Waals surface area contributed by atoms with Gasteiger partial charge in [0, 0.05) is 17.5 Å². The molecule has 3 rings (SSSR count). The summed E-state index contributed by atoms with van der Waals surface area (Å²) in [4.78, 5) is 11.0. The highest BCUT2D eigenvalue weighted by molar-refractivity contribution is 6.30. The van der Waals surface area contributed by atoms with Gasteiger partial charge in [0.1, 0.15) is 5.75 Å². The summed E-state index contributed by atoms with van der Waals surface area (Å²) in [5.41, 5.74) is 1.21. The van der Waals surface area contributed by atoms with Crippen LogP contribution in [0, 0.1) is 5.82 Å². The summed E-state index contributed by atoms with van der Waals surface area (Å²) in [5, 5.41) is 6.81. The zero-order valence-electron chi connectivity index (χ0n) is 11.9. The Balaban J connectivity index is 1.84. The van der Waals surface area contributed by atoms with E-state index in [0.717, 1.165) is 5.56 Å². The number of aromatic nitrogens is 2. The molecule has 2 aromatic carbocycles. The number of H-pyrrole nitrogens is 1. The molecule has 0 unspecified atom stereocenters. The number of hydrogen-bond acceptors (Lipinski definition) is 3. The summed E-state index contributed by atoms with van der Waals surface area (Å²) < 4.78 is 19.5. The molecule has 116 valence electrons. The molecule has 0 aliphatic rings. The molecular weight excluding hydrogens is 319 g/mol. The van der Waals surface area contributed by atoms with Gasteiger partial charge < -0.3 is 4.74 Å². The lowest BCUT2D eigenvalue weighted by molar-refractivity contribution is 0.441. The molecule has 0 amide bonds. The van der Waals surface area contributed by atoms with E-state index in [2.05, 4.69) is 10.2 Å².